The largest absolute Gasteiger partial charge is 0.371 e. The molecule has 1 aliphatic rings. The number of nitrogens with zero attached hydrogens (tertiary/aromatic N) is 1. The van der Waals surface area contributed by atoms with Crippen LogP contribution in [0.4, 0.5) is 5.69 Å². The van der Waals surface area contributed by atoms with Crippen molar-refractivity contribution in [3.05, 3.63) is 29.3 Å². The van der Waals surface area contributed by atoms with E-state index < -0.39 is 0 Å². The lowest BCUT2D eigenvalue weighted by Crippen LogP contribution is -2.26. The van der Waals surface area contributed by atoms with Crippen LogP contribution in [0.3, 0.4) is 0 Å². The average Bonchev–Trinajstić information content (AvgIpc) is 3.21. The van der Waals surface area contributed by atoms with E-state index in [0.29, 0.717) is 0 Å². The highest BCUT2D eigenvalue weighted by atomic mass is 15.1. The molecule has 0 radical (unpaired) electrons. The van der Waals surface area contributed by atoms with Crippen molar-refractivity contribution < 1.29 is 0 Å². The Morgan fingerprint density at radius 2 is 2.05 bits per heavy atom. The van der Waals surface area contributed by atoms with Gasteiger partial charge in [-0.1, -0.05) is 19.1 Å². The molecule has 0 unspecified atom stereocenters. The highest BCUT2D eigenvalue weighted by molar-refractivity contribution is 5.54. The first-order valence-electron chi connectivity index (χ1n) is 7.79. The monoisotopic (exact) mass is 260 g/mol. The SMILES string of the molecule is CCCNCc1ccc(N(CC)CC2CC2)c(C)c1. The summed E-state index contributed by atoms with van der Waals surface area (Å²) in [5.41, 5.74) is 4.24. The highest BCUT2D eigenvalue weighted by Gasteiger charge is 2.24. The van der Waals surface area contributed by atoms with Gasteiger partial charge in [0.1, 0.15) is 0 Å². The van der Waals surface area contributed by atoms with E-state index in [-0.39, 0.29) is 0 Å². The fourth-order valence-corrected chi connectivity index (χ4v) is 2.60. The van der Waals surface area contributed by atoms with Gasteiger partial charge in [0, 0.05) is 25.3 Å². The Morgan fingerprint density at radius 1 is 1.26 bits per heavy atom. The maximum atomic E-state index is 3.47. The molecule has 2 nitrogen and oxygen atoms in total. The minimum absolute atomic E-state index is 0.949. The summed E-state index contributed by atoms with van der Waals surface area (Å²) in [6, 6.07) is 6.93. The summed E-state index contributed by atoms with van der Waals surface area (Å²) in [6.07, 6.45) is 4.05. The Hall–Kier alpha value is -1.02. The number of anilines is 1. The minimum Gasteiger partial charge on any atom is -0.371 e. The molecule has 0 saturated heterocycles. The molecule has 19 heavy (non-hydrogen) atoms. The third-order valence-corrected chi connectivity index (χ3v) is 3.92. The van der Waals surface area contributed by atoms with Gasteiger partial charge in [0.25, 0.3) is 0 Å². The third-order valence-electron chi connectivity index (χ3n) is 3.92. The van der Waals surface area contributed by atoms with Crippen molar-refractivity contribution >= 4 is 5.69 Å². The van der Waals surface area contributed by atoms with Crippen LogP contribution in [-0.2, 0) is 6.54 Å². The summed E-state index contributed by atoms with van der Waals surface area (Å²) in [6.45, 7) is 11.2. The summed E-state index contributed by atoms with van der Waals surface area (Å²) in [5.74, 6) is 0.949. The van der Waals surface area contributed by atoms with E-state index in [1.807, 2.05) is 0 Å². The van der Waals surface area contributed by atoms with E-state index in [9.17, 15) is 0 Å². The van der Waals surface area contributed by atoms with E-state index in [0.717, 1.165) is 25.6 Å². The van der Waals surface area contributed by atoms with Gasteiger partial charge in [-0.15, -0.1) is 0 Å². The summed E-state index contributed by atoms with van der Waals surface area (Å²) < 4.78 is 0. The molecule has 1 aromatic rings. The fraction of sp³-hybridized carbons (Fsp3) is 0.647. The summed E-state index contributed by atoms with van der Waals surface area (Å²) in [5, 5.41) is 3.47. The van der Waals surface area contributed by atoms with Gasteiger partial charge < -0.3 is 10.2 Å². The molecule has 0 spiro atoms. The number of rotatable bonds is 8. The fourth-order valence-electron chi connectivity index (χ4n) is 2.60. The van der Waals surface area contributed by atoms with Gasteiger partial charge in [0.2, 0.25) is 0 Å². The number of nitrogens with one attached hydrogen (secondary N) is 1. The Bertz CT molecular complexity index is 396. The second-order valence-electron chi connectivity index (χ2n) is 5.78. The molecule has 1 fully saturated rings. The van der Waals surface area contributed by atoms with Crippen molar-refractivity contribution in [2.24, 2.45) is 5.92 Å². The molecular formula is C17H28N2. The highest BCUT2D eigenvalue weighted by Crippen LogP contribution is 2.32. The quantitative estimate of drug-likeness (QED) is 0.716. The molecule has 1 saturated carbocycles. The molecule has 1 aliphatic carbocycles. The lowest BCUT2D eigenvalue weighted by Gasteiger charge is -2.25. The second-order valence-corrected chi connectivity index (χ2v) is 5.78. The molecule has 0 heterocycles. The van der Waals surface area contributed by atoms with Gasteiger partial charge >= 0.3 is 0 Å². The zero-order chi connectivity index (χ0) is 13.7. The molecule has 0 aromatic heterocycles. The van der Waals surface area contributed by atoms with Gasteiger partial charge in [-0.05, 0) is 62.8 Å². The van der Waals surface area contributed by atoms with Crippen molar-refractivity contribution in [2.45, 2.75) is 46.6 Å². The normalized spacial score (nSPS) is 14.7. The molecule has 2 rings (SSSR count). The molecule has 2 heteroatoms. The molecule has 1 N–H and O–H groups in total. The summed E-state index contributed by atoms with van der Waals surface area (Å²) >= 11 is 0. The predicted octanol–water partition coefficient (Wildman–Crippen LogP) is 3.73. The lowest BCUT2D eigenvalue weighted by molar-refractivity contribution is 0.675. The van der Waals surface area contributed by atoms with Crippen LogP contribution in [0.15, 0.2) is 18.2 Å². The maximum absolute atomic E-state index is 3.47. The van der Waals surface area contributed by atoms with Crippen LogP contribution < -0.4 is 10.2 Å². The van der Waals surface area contributed by atoms with Crippen molar-refractivity contribution in [1.29, 1.82) is 0 Å². The number of hydrogen-bond acceptors (Lipinski definition) is 2. The average molecular weight is 260 g/mol. The first-order valence-corrected chi connectivity index (χ1v) is 7.79. The van der Waals surface area contributed by atoms with Crippen LogP contribution in [0.5, 0.6) is 0 Å². The van der Waals surface area contributed by atoms with Gasteiger partial charge in [0.05, 0.1) is 0 Å². The maximum Gasteiger partial charge on any atom is 0.0396 e. The van der Waals surface area contributed by atoms with Crippen LogP contribution in [0, 0.1) is 12.8 Å². The Kier molecular flexibility index (Phi) is 5.26. The lowest BCUT2D eigenvalue weighted by atomic mass is 10.1. The van der Waals surface area contributed by atoms with Crippen LogP contribution in [0.1, 0.15) is 44.2 Å². The smallest absolute Gasteiger partial charge is 0.0396 e. The van der Waals surface area contributed by atoms with Crippen molar-refractivity contribution in [3.63, 3.8) is 0 Å². The molecule has 106 valence electrons. The number of hydrogen-bond donors (Lipinski definition) is 1. The third kappa shape index (κ3) is 4.24. The minimum atomic E-state index is 0.949. The van der Waals surface area contributed by atoms with Crippen LogP contribution in [0.2, 0.25) is 0 Å². The topological polar surface area (TPSA) is 15.3 Å². The van der Waals surface area contributed by atoms with Crippen molar-refractivity contribution in [2.75, 3.05) is 24.5 Å². The van der Waals surface area contributed by atoms with E-state index in [1.165, 1.54) is 42.6 Å². The Morgan fingerprint density at radius 3 is 2.63 bits per heavy atom. The molecule has 1 aromatic carbocycles. The van der Waals surface area contributed by atoms with Gasteiger partial charge in [-0.25, -0.2) is 0 Å². The van der Waals surface area contributed by atoms with E-state index in [2.05, 4.69) is 49.2 Å². The molecule has 0 atom stereocenters. The van der Waals surface area contributed by atoms with Gasteiger partial charge in [-0.2, -0.15) is 0 Å². The zero-order valence-electron chi connectivity index (χ0n) is 12.7. The van der Waals surface area contributed by atoms with Gasteiger partial charge in [-0.3, -0.25) is 0 Å². The van der Waals surface area contributed by atoms with Crippen LogP contribution in [-0.4, -0.2) is 19.6 Å². The van der Waals surface area contributed by atoms with Crippen LogP contribution in [0.25, 0.3) is 0 Å². The van der Waals surface area contributed by atoms with E-state index in [1.54, 1.807) is 0 Å². The molecule has 0 amide bonds. The summed E-state index contributed by atoms with van der Waals surface area (Å²) in [7, 11) is 0. The zero-order valence-corrected chi connectivity index (χ0v) is 12.7. The molecule has 0 aliphatic heterocycles. The van der Waals surface area contributed by atoms with Crippen molar-refractivity contribution in [1.82, 2.24) is 5.32 Å². The second kappa shape index (κ2) is 6.95. The van der Waals surface area contributed by atoms with Crippen molar-refractivity contribution in [3.8, 4) is 0 Å². The first kappa shape index (κ1) is 14.4. The van der Waals surface area contributed by atoms with E-state index in [4.69, 9.17) is 0 Å². The summed E-state index contributed by atoms with van der Waals surface area (Å²) in [4.78, 5) is 2.54. The van der Waals surface area contributed by atoms with E-state index >= 15 is 0 Å². The number of aryl methyl sites for hydroxylation is 1. The predicted molar refractivity (Wildman–Crippen MR) is 83.8 cm³/mol. The standard InChI is InChI=1S/C17H28N2/c1-4-10-18-12-16-8-9-17(14(3)11-16)19(5-2)13-15-6-7-15/h8-9,11,15,18H,4-7,10,12-13H2,1-3H3. The Labute approximate surface area is 118 Å². The number of benzene rings is 1. The molecule has 0 bridgehead atoms. The first-order chi connectivity index (χ1) is 9.24. The van der Waals surface area contributed by atoms with Crippen LogP contribution >= 0.6 is 0 Å². The Balaban J connectivity index is 1.99. The molecular weight excluding hydrogens is 232 g/mol. The van der Waals surface area contributed by atoms with Gasteiger partial charge in [0.15, 0.2) is 0 Å².